The molecule has 0 bridgehead atoms. The molecule has 7 heteroatoms. The fraction of sp³-hybridized carbons (Fsp3) is 0.909. The molecule has 1 aliphatic heterocycles. The lowest BCUT2D eigenvalue weighted by atomic mass is 9.90. The molecule has 0 aromatic heterocycles. The van der Waals surface area contributed by atoms with Crippen LogP contribution in [-0.2, 0) is 4.74 Å². The Balaban J connectivity index is 2.77. The van der Waals surface area contributed by atoms with Gasteiger partial charge >= 0.3 is 12.3 Å². The van der Waals surface area contributed by atoms with E-state index in [1.807, 2.05) is 0 Å². The predicted molar refractivity (Wildman–Crippen MR) is 59.9 cm³/mol. The molecule has 1 aliphatic rings. The minimum absolute atomic E-state index is 0.161. The number of halogens is 3. The van der Waals surface area contributed by atoms with Crippen molar-refractivity contribution in [2.45, 2.75) is 45.0 Å². The standard InChI is InChI=1S/C11H19F3N2O2/c1-9(2,3)18-8(17)16-5-7(11(12,13)14)10(4,15)6-16/h7H,5-6,15H2,1-4H3/t7-,10-/m0/s1. The van der Waals surface area contributed by atoms with Gasteiger partial charge in [0.15, 0.2) is 0 Å². The van der Waals surface area contributed by atoms with E-state index >= 15 is 0 Å². The van der Waals surface area contributed by atoms with E-state index in [2.05, 4.69) is 0 Å². The molecule has 1 heterocycles. The fourth-order valence-corrected chi connectivity index (χ4v) is 1.96. The van der Waals surface area contributed by atoms with Crippen molar-refractivity contribution in [1.29, 1.82) is 0 Å². The van der Waals surface area contributed by atoms with Crippen molar-refractivity contribution >= 4 is 6.09 Å². The molecular weight excluding hydrogens is 249 g/mol. The van der Waals surface area contributed by atoms with Gasteiger partial charge in [0.05, 0.1) is 5.92 Å². The van der Waals surface area contributed by atoms with Crippen LogP contribution in [-0.4, -0.2) is 41.4 Å². The second-order valence-electron chi connectivity index (χ2n) is 5.96. The molecule has 1 rings (SSSR count). The highest BCUT2D eigenvalue weighted by Crippen LogP contribution is 2.38. The van der Waals surface area contributed by atoms with E-state index in [0.29, 0.717) is 0 Å². The Bertz CT molecular complexity index is 334. The van der Waals surface area contributed by atoms with E-state index in [4.69, 9.17) is 10.5 Å². The maximum atomic E-state index is 12.8. The highest BCUT2D eigenvalue weighted by molar-refractivity contribution is 5.68. The Hall–Kier alpha value is -0.980. The first-order chi connectivity index (χ1) is 7.83. The summed E-state index contributed by atoms with van der Waals surface area (Å²) in [6, 6.07) is 0. The van der Waals surface area contributed by atoms with E-state index in [1.54, 1.807) is 20.8 Å². The average Bonchev–Trinajstić information content (AvgIpc) is 2.37. The molecule has 0 spiro atoms. The number of nitrogens with two attached hydrogens (primary N) is 1. The molecule has 0 radical (unpaired) electrons. The Labute approximate surface area is 104 Å². The molecule has 1 saturated heterocycles. The van der Waals surface area contributed by atoms with Crippen molar-refractivity contribution in [3.05, 3.63) is 0 Å². The summed E-state index contributed by atoms with van der Waals surface area (Å²) >= 11 is 0. The van der Waals surface area contributed by atoms with Crippen molar-refractivity contribution in [3.8, 4) is 0 Å². The highest BCUT2D eigenvalue weighted by atomic mass is 19.4. The van der Waals surface area contributed by atoms with Crippen LogP contribution in [0.25, 0.3) is 0 Å². The van der Waals surface area contributed by atoms with Crippen molar-refractivity contribution < 1.29 is 22.7 Å². The lowest BCUT2D eigenvalue weighted by Gasteiger charge is -2.27. The second-order valence-corrected chi connectivity index (χ2v) is 5.96. The van der Waals surface area contributed by atoms with Gasteiger partial charge in [-0.05, 0) is 27.7 Å². The van der Waals surface area contributed by atoms with Crippen molar-refractivity contribution in [1.82, 2.24) is 4.90 Å². The van der Waals surface area contributed by atoms with Crippen molar-refractivity contribution in [3.63, 3.8) is 0 Å². The Kier molecular flexibility index (Phi) is 3.60. The Morgan fingerprint density at radius 2 is 1.89 bits per heavy atom. The van der Waals surface area contributed by atoms with Crippen LogP contribution in [0.4, 0.5) is 18.0 Å². The average molecular weight is 268 g/mol. The van der Waals surface area contributed by atoms with Gasteiger partial charge in [0.1, 0.15) is 5.60 Å². The molecule has 0 aliphatic carbocycles. The van der Waals surface area contributed by atoms with Gasteiger partial charge in [0, 0.05) is 18.6 Å². The fourth-order valence-electron chi connectivity index (χ4n) is 1.96. The predicted octanol–water partition coefficient (Wildman–Crippen LogP) is 2.13. The van der Waals surface area contributed by atoms with Gasteiger partial charge in [-0.3, -0.25) is 0 Å². The van der Waals surface area contributed by atoms with Gasteiger partial charge < -0.3 is 15.4 Å². The Morgan fingerprint density at radius 1 is 1.39 bits per heavy atom. The van der Waals surface area contributed by atoms with Gasteiger partial charge in [-0.2, -0.15) is 13.2 Å². The smallest absolute Gasteiger partial charge is 0.410 e. The lowest BCUT2D eigenvalue weighted by Crippen LogP contribution is -2.50. The molecule has 18 heavy (non-hydrogen) atoms. The number of likely N-dealkylation sites (tertiary alicyclic amines) is 1. The summed E-state index contributed by atoms with van der Waals surface area (Å²) in [5.74, 6) is -1.72. The first-order valence-electron chi connectivity index (χ1n) is 5.66. The maximum Gasteiger partial charge on any atom is 0.410 e. The number of ether oxygens (including phenoxy) is 1. The monoisotopic (exact) mass is 268 g/mol. The minimum Gasteiger partial charge on any atom is -0.444 e. The van der Waals surface area contributed by atoms with Crippen LogP contribution in [0.5, 0.6) is 0 Å². The number of hydrogen-bond donors (Lipinski definition) is 1. The van der Waals surface area contributed by atoms with Gasteiger partial charge in [-0.15, -0.1) is 0 Å². The highest BCUT2D eigenvalue weighted by Gasteiger charge is 2.56. The summed E-state index contributed by atoms with van der Waals surface area (Å²) in [4.78, 5) is 12.7. The molecule has 4 nitrogen and oxygen atoms in total. The molecule has 0 saturated carbocycles. The number of nitrogens with zero attached hydrogens (tertiary/aromatic N) is 1. The van der Waals surface area contributed by atoms with Gasteiger partial charge in [0.2, 0.25) is 0 Å². The molecule has 1 fully saturated rings. The van der Waals surface area contributed by atoms with Crippen LogP contribution in [0.3, 0.4) is 0 Å². The summed E-state index contributed by atoms with van der Waals surface area (Å²) in [5, 5.41) is 0. The van der Waals surface area contributed by atoms with Crippen LogP contribution in [0.1, 0.15) is 27.7 Å². The number of alkyl halides is 3. The third kappa shape index (κ3) is 3.51. The second kappa shape index (κ2) is 4.29. The van der Waals surface area contributed by atoms with Crippen LogP contribution in [0.2, 0.25) is 0 Å². The van der Waals surface area contributed by atoms with Crippen molar-refractivity contribution in [2.24, 2.45) is 11.7 Å². The van der Waals surface area contributed by atoms with Crippen LogP contribution < -0.4 is 5.73 Å². The summed E-state index contributed by atoms with van der Waals surface area (Å²) in [5.41, 5.74) is 3.42. The zero-order valence-corrected chi connectivity index (χ0v) is 11.0. The first kappa shape index (κ1) is 15.1. The summed E-state index contributed by atoms with van der Waals surface area (Å²) < 4.78 is 43.4. The van der Waals surface area contributed by atoms with Gasteiger partial charge in [0.25, 0.3) is 0 Å². The van der Waals surface area contributed by atoms with Crippen LogP contribution >= 0.6 is 0 Å². The van der Waals surface area contributed by atoms with E-state index in [9.17, 15) is 18.0 Å². The molecule has 0 aromatic carbocycles. The number of amides is 1. The van der Waals surface area contributed by atoms with E-state index < -0.39 is 35.9 Å². The molecule has 106 valence electrons. The lowest BCUT2D eigenvalue weighted by molar-refractivity contribution is -0.181. The summed E-state index contributed by atoms with van der Waals surface area (Å²) in [6.07, 6.45) is -5.17. The molecule has 2 atom stereocenters. The summed E-state index contributed by atoms with van der Waals surface area (Å²) in [6.45, 7) is 5.66. The van der Waals surface area contributed by atoms with Gasteiger partial charge in [-0.25, -0.2) is 4.79 Å². The largest absolute Gasteiger partial charge is 0.444 e. The zero-order chi connectivity index (χ0) is 14.4. The molecule has 0 aromatic rings. The molecule has 0 unspecified atom stereocenters. The van der Waals surface area contributed by atoms with E-state index in [-0.39, 0.29) is 6.54 Å². The zero-order valence-electron chi connectivity index (χ0n) is 11.0. The quantitative estimate of drug-likeness (QED) is 0.732. The topological polar surface area (TPSA) is 55.6 Å². The first-order valence-corrected chi connectivity index (χ1v) is 5.66. The number of carbonyl (C=O) groups is 1. The van der Waals surface area contributed by atoms with Crippen LogP contribution in [0.15, 0.2) is 0 Å². The van der Waals surface area contributed by atoms with Crippen molar-refractivity contribution in [2.75, 3.05) is 13.1 Å². The normalized spacial score (nSPS) is 29.6. The number of hydrogen-bond acceptors (Lipinski definition) is 3. The SMILES string of the molecule is CC(C)(C)OC(=O)N1C[C@H](C(F)(F)F)[C@@](C)(N)C1. The van der Waals surface area contributed by atoms with Crippen LogP contribution in [0, 0.1) is 5.92 Å². The number of carbonyl (C=O) groups excluding carboxylic acids is 1. The van der Waals surface area contributed by atoms with Gasteiger partial charge in [-0.1, -0.05) is 0 Å². The maximum absolute atomic E-state index is 12.8. The summed E-state index contributed by atoms with van der Waals surface area (Å²) in [7, 11) is 0. The minimum atomic E-state index is -4.42. The van der Waals surface area contributed by atoms with E-state index in [1.165, 1.54) is 6.92 Å². The molecule has 2 N–H and O–H groups in total. The van der Waals surface area contributed by atoms with E-state index in [0.717, 1.165) is 4.90 Å². The number of rotatable bonds is 0. The third-order valence-corrected chi connectivity index (χ3v) is 2.78. The molecule has 1 amide bonds. The Morgan fingerprint density at radius 3 is 2.22 bits per heavy atom. The third-order valence-electron chi connectivity index (χ3n) is 2.78. The molecular formula is C11H19F3N2O2.